The molecule has 1 heterocycles. The molecule has 132 valence electrons. The van der Waals surface area contributed by atoms with Crippen LogP contribution in [0, 0.1) is 0 Å². The first kappa shape index (κ1) is 22.1. The van der Waals surface area contributed by atoms with Crippen molar-refractivity contribution in [2.45, 2.75) is 18.9 Å². The highest BCUT2D eigenvalue weighted by Gasteiger charge is 2.24. The van der Waals surface area contributed by atoms with Crippen molar-refractivity contribution in [3.63, 3.8) is 0 Å². The molecule has 1 aromatic rings. The van der Waals surface area contributed by atoms with E-state index in [0.717, 1.165) is 50.5 Å². The number of hydrogen-bond acceptors (Lipinski definition) is 4. The average molecular weight is 363 g/mol. The van der Waals surface area contributed by atoms with Crippen LogP contribution in [0.15, 0.2) is 30.9 Å². The quantitative estimate of drug-likeness (QED) is 0.753. The van der Waals surface area contributed by atoms with Crippen LogP contribution in [0.3, 0.4) is 0 Å². The van der Waals surface area contributed by atoms with Crippen molar-refractivity contribution in [3.8, 4) is 11.5 Å². The molecule has 1 N–H and O–H groups in total. The first-order chi connectivity index (χ1) is 10.3. The normalized spacial score (nSPS) is 15.7. The standard InChI is InChI=1S/C17H26N2O2.2ClH/c1-4-5-6-16(19-11-9-18-10-12-19)15-13-14(20-2)7-8-17(15)21-3;;/h4,7-8,13,16,18H,1,5-6,9-12H2,2-3H3;2*1H/t16-;;/m0../s1. The van der Waals surface area contributed by atoms with Crippen LogP contribution in [0.1, 0.15) is 24.4 Å². The Balaban J connectivity index is 0.00000242. The van der Waals surface area contributed by atoms with E-state index in [1.54, 1.807) is 14.2 Å². The van der Waals surface area contributed by atoms with Gasteiger partial charge < -0.3 is 14.8 Å². The number of rotatable bonds is 7. The van der Waals surface area contributed by atoms with Crippen LogP contribution in [0.25, 0.3) is 0 Å². The molecule has 0 saturated carbocycles. The third-order valence-electron chi connectivity index (χ3n) is 4.03. The summed E-state index contributed by atoms with van der Waals surface area (Å²) in [7, 11) is 3.43. The van der Waals surface area contributed by atoms with Gasteiger partial charge in [-0.25, -0.2) is 0 Å². The van der Waals surface area contributed by atoms with Gasteiger partial charge in [0.1, 0.15) is 11.5 Å². The number of ether oxygens (including phenoxy) is 2. The van der Waals surface area contributed by atoms with E-state index in [9.17, 15) is 0 Å². The molecule has 0 aliphatic carbocycles. The number of allylic oxidation sites excluding steroid dienone is 1. The average Bonchev–Trinajstić information content (AvgIpc) is 2.56. The summed E-state index contributed by atoms with van der Waals surface area (Å²) in [5.41, 5.74) is 1.21. The second-order valence-electron chi connectivity index (χ2n) is 5.28. The fourth-order valence-electron chi connectivity index (χ4n) is 2.90. The minimum atomic E-state index is 0. The third-order valence-corrected chi connectivity index (χ3v) is 4.03. The van der Waals surface area contributed by atoms with Gasteiger partial charge in [-0.3, -0.25) is 4.90 Å². The monoisotopic (exact) mass is 362 g/mol. The molecule has 0 radical (unpaired) electrons. The molecule has 0 spiro atoms. The Kier molecular flexibility index (Phi) is 11.1. The maximum atomic E-state index is 5.57. The van der Waals surface area contributed by atoms with Gasteiger partial charge in [0.05, 0.1) is 14.2 Å². The molecule has 1 aromatic carbocycles. The SMILES string of the molecule is C=CCC[C@@H](c1cc(OC)ccc1OC)N1CCNCC1.Cl.Cl. The van der Waals surface area contributed by atoms with Gasteiger partial charge in [-0.15, -0.1) is 31.4 Å². The van der Waals surface area contributed by atoms with Crippen molar-refractivity contribution >= 4 is 24.8 Å². The van der Waals surface area contributed by atoms with Crippen molar-refractivity contribution in [2.75, 3.05) is 40.4 Å². The Hall–Kier alpha value is -0.940. The van der Waals surface area contributed by atoms with Gasteiger partial charge in [0, 0.05) is 37.8 Å². The van der Waals surface area contributed by atoms with E-state index in [-0.39, 0.29) is 24.8 Å². The van der Waals surface area contributed by atoms with Crippen molar-refractivity contribution in [2.24, 2.45) is 0 Å². The summed E-state index contributed by atoms with van der Waals surface area (Å²) in [5.74, 6) is 1.81. The summed E-state index contributed by atoms with van der Waals surface area (Å²) in [5, 5.41) is 3.41. The Labute approximate surface area is 152 Å². The van der Waals surface area contributed by atoms with E-state index in [4.69, 9.17) is 9.47 Å². The smallest absolute Gasteiger partial charge is 0.123 e. The molecule has 1 aliphatic rings. The zero-order chi connectivity index (χ0) is 15.1. The van der Waals surface area contributed by atoms with Crippen LogP contribution in [0.2, 0.25) is 0 Å². The molecule has 1 atom stereocenters. The lowest BCUT2D eigenvalue weighted by Crippen LogP contribution is -2.45. The predicted octanol–water partition coefficient (Wildman–Crippen LogP) is 3.46. The molecule has 2 rings (SSSR count). The van der Waals surface area contributed by atoms with Crippen LogP contribution in [0.5, 0.6) is 11.5 Å². The van der Waals surface area contributed by atoms with Crippen LogP contribution >= 0.6 is 24.8 Å². The van der Waals surface area contributed by atoms with Crippen LogP contribution in [-0.4, -0.2) is 45.3 Å². The van der Waals surface area contributed by atoms with E-state index in [1.165, 1.54) is 5.56 Å². The first-order valence-electron chi connectivity index (χ1n) is 7.57. The van der Waals surface area contributed by atoms with E-state index in [2.05, 4.69) is 22.9 Å². The minimum absolute atomic E-state index is 0. The molecule has 0 unspecified atom stereocenters. The molecule has 0 aromatic heterocycles. The summed E-state index contributed by atoms with van der Waals surface area (Å²) in [4.78, 5) is 2.53. The van der Waals surface area contributed by atoms with Gasteiger partial charge in [0.25, 0.3) is 0 Å². The summed E-state index contributed by atoms with van der Waals surface area (Å²) in [6.07, 6.45) is 4.03. The summed E-state index contributed by atoms with van der Waals surface area (Å²) < 4.78 is 11.0. The molecule has 23 heavy (non-hydrogen) atoms. The molecular formula is C17H28Cl2N2O2. The lowest BCUT2D eigenvalue weighted by Gasteiger charge is -2.36. The third kappa shape index (κ3) is 5.88. The second kappa shape index (κ2) is 11.6. The summed E-state index contributed by atoms with van der Waals surface area (Å²) >= 11 is 0. The lowest BCUT2D eigenvalue weighted by molar-refractivity contribution is 0.163. The molecule has 1 fully saturated rings. The van der Waals surface area contributed by atoms with Gasteiger partial charge in [0.15, 0.2) is 0 Å². The minimum Gasteiger partial charge on any atom is -0.497 e. The first-order valence-corrected chi connectivity index (χ1v) is 7.57. The van der Waals surface area contributed by atoms with Crippen molar-refractivity contribution in [1.82, 2.24) is 10.2 Å². The van der Waals surface area contributed by atoms with Crippen LogP contribution in [-0.2, 0) is 0 Å². The molecule has 0 amide bonds. The Morgan fingerprint density at radius 1 is 1.22 bits per heavy atom. The molecule has 4 nitrogen and oxygen atoms in total. The summed E-state index contributed by atoms with van der Waals surface area (Å²) in [6, 6.07) is 6.39. The zero-order valence-electron chi connectivity index (χ0n) is 13.9. The number of nitrogens with zero attached hydrogens (tertiary/aromatic N) is 1. The Morgan fingerprint density at radius 2 is 1.91 bits per heavy atom. The van der Waals surface area contributed by atoms with Gasteiger partial charge in [-0.2, -0.15) is 0 Å². The van der Waals surface area contributed by atoms with Gasteiger partial charge in [0.2, 0.25) is 0 Å². The molecule has 1 saturated heterocycles. The highest BCUT2D eigenvalue weighted by atomic mass is 35.5. The number of halogens is 2. The number of benzene rings is 1. The highest BCUT2D eigenvalue weighted by molar-refractivity contribution is 5.85. The fourth-order valence-corrected chi connectivity index (χ4v) is 2.90. The number of hydrogen-bond donors (Lipinski definition) is 1. The fraction of sp³-hybridized carbons (Fsp3) is 0.529. The van der Waals surface area contributed by atoms with Crippen molar-refractivity contribution < 1.29 is 9.47 Å². The Morgan fingerprint density at radius 3 is 2.48 bits per heavy atom. The number of methoxy groups -OCH3 is 2. The van der Waals surface area contributed by atoms with Gasteiger partial charge in [-0.1, -0.05) is 6.08 Å². The number of piperazine rings is 1. The second-order valence-corrected chi connectivity index (χ2v) is 5.28. The lowest BCUT2D eigenvalue weighted by atomic mass is 9.98. The molecule has 1 aliphatic heterocycles. The van der Waals surface area contributed by atoms with E-state index < -0.39 is 0 Å². The maximum absolute atomic E-state index is 5.57. The van der Waals surface area contributed by atoms with E-state index in [1.807, 2.05) is 18.2 Å². The Bertz CT molecular complexity index is 466. The van der Waals surface area contributed by atoms with Crippen LogP contribution in [0.4, 0.5) is 0 Å². The zero-order valence-corrected chi connectivity index (χ0v) is 15.5. The van der Waals surface area contributed by atoms with Gasteiger partial charge in [-0.05, 0) is 31.0 Å². The molecule has 0 bridgehead atoms. The largest absolute Gasteiger partial charge is 0.497 e. The van der Waals surface area contributed by atoms with E-state index in [0.29, 0.717) is 6.04 Å². The van der Waals surface area contributed by atoms with Crippen molar-refractivity contribution in [1.29, 1.82) is 0 Å². The van der Waals surface area contributed by atoms with Gasteiger partial charge >= 0.3 is 0 Å². The van der Waals surface area contributed by atoms with Crippen molar-refractivity contribution in [3.05, 3.63) is 36.4 Å². The number of nitrogens with one attached hydrogen (secondary N) is 1. The highest BCUT2D eigenvalue weighted by Crippen LogP contribution is 2.35. The maximum Gasteiger partial charge on any atom is 0.123 e. The topological polar surface area (TPSA) is 33.7 Å². The molecular weight excluding hydrogens is 335 g/mol. The van der Waals surface area contributed by atoms with E-state index >= 15 is 0 Å². The predicted molar refractivity (Wildman–Crippen MR) is 101 cm³/mol. The van der Waals surface area contributed by atoms with Crippen LogP contribution < -0.4 is 14.8 Å². The summed E-state index contributed by atoms with van der Waals surface area (Å²) in [6.45, 7) is 8.05. The molecule has 6 heteroatoms.